The van der Waals surface area contributed by atoms with Crippen molar-refractivity contribution >= 4 is 0 Å². The third kappa shape index (κ3) is 2.40. The highest BCUT2D eigenvalue weighted by molar-refractivity contribution is 5.38. The summed E-state index contributed by atoms with van der Waals surface area (Å²) in [5, 5.41) is 8.28. The quantitative estimate of drug-likeness (QED) is 0.931. The molecule has 1 aromatic carbocycles. The number of para-hydroxylation sites is 1. The molecule has 3 heteroatoms. The fourth-order valence-electron chi connectivity index (χ4n) is 3.99. The Hall–Kier alpha value is -1.61. The Bertz CT molecular complexity index is 590. The Kier molecular flexibility index (Phi) is 3.52. The molecule has 1 aliphatic heterocycles. The van der Waals surface area contributed by atoms with Gasteiger partial charge in [-0.2, -0.15) is 5.10 Å². The molecule has 2 fully saturated rings. The molecule has 1 aromatic heterocycles. The number of aromatic nitrogens is 2. The van der Waals surface area contributed by atoms with E-state index in [2.05, 4.69) is 46.5 Å². The number of hydrogen-bond acceptors (Lipinski definition) is 2. The van der Waals surface area contributed by atoms with Crippen LogP contribution in [0.3, 0.4) is 0 Å². The molecule has 0 radical (unpaired) electrons. The molecule has 21 heavy (non-hydrogen) atoms. The maximum Gasteiger partial charge on any atom is 0.0649 e. The van der Waals surface area contributed by atoms with Gasteiger partial charge < -0.3 is 5.32 Å². The van der Waals surface area contributed by atoms with Crippen molar-refractivity contribution in [2.75, 3.05) is 13.1 Å². The molecule has 1 N–H and O–H groups in total. The van der Waals surface area contributed by atoms with Crippen molar-refractivity contribution in [3.63, 3.8) is 0 Å². The molecule has 2 aromatic rings. The van der Waals surface area contributed by atoms with Crippen LogP contribution in [0.25, 0.3) is 5.69 Å². The highest BCUT2D eigenvalue weighted by atomic mass is 15.3. The van der Waals surface area contributed by atoms with Gasteiger partial charge in [0.2, 0.25) is 0 Å². The summed E-state index contributed by atoms with van der Waals surface area (Å²) in [6.07, 6.45) is 8.82. The van der Waals surface area contributed by atoms with E-state index in [1.165, 1.54) is 49.0 Å². The monoisotopic (exact) mass is 281 g/mol. The van der Waals surface area contributed by atoms with Crippen LogP contribution in [0.4, 0.5) is 0 Å². The zero-order chi connectivity index (χ0) is 14.1. The Labute approximate surface area is 126 Å². The second-order valence-electron chi connectivity index (χ2n) is 6.40. The Morgan fingerprint density at radius 1 is 1.00 bits per heavy atom. The minimum atomic E-state index is 0.614. The van der Waals surface area contributed by atoms with E-state index >= 15 is 0 Å². The fourth-order valence-corrected chi connectivity index (χ4v) is 3.99. The smallest absolute Gasteiger partial charge is 0.0649 e. The van der Waals surface area contributed by atoms with Crippen LogP contribution < -0.4 is 5.32 Å². The maximum absolute atomic E-state index is 4.76. The molecule has 0 bridgehead atoms. The van der Waals surface area contributed by atoms with Crippen LogP contribution in [-0.2, 0) is 0 Å². The Morgan fingerprint density at radius 3 is 2.52 bits per heavy atom. The molecule has 1 saturated carbocycles. The molecule has 1 aliphatic carbocycles. The SMILES string of the molecule is c1ccc(-n2ncc(C3CCCC3)c2C2CCNC2)cc1. The molecule has 4 rings (SSSR count). The van der Waals surface area contributed by atoms with E-state index < -0.39 is 0 Å². The van der Waals surface area contributed by atoms with Crippen LogP contribution in [0.5, 0.6) is 0 Å². The van der Waals surface area contributed by atoms with Crippen LogP contribution in [0.2, 0.25) is 0 Å². The van der Waals surface area contributed by atoms with Gasteiger partial charge in [-0.05, 0) is 49.4 Å². The lowest BCUT2D eigenvalue weighted by Crippen LogP contribution is -2.14. The second kappa shape index (κ2) is 5.64. The highest BCUT2D eigenvalue weighted by Crippen LogP contribution is 2.39. The summed E-state index contributed by atoms with van der Waals surface area (Å²) in [6.45, 7) is 2.23. The highest BCUT2D eigenvalue weighted by Gasteiger charge is 2.29. The number of hydrogen-bond donors (Lipinski definition) is 1. The molecule has 0 spiro atoms. The van der Waals surface area contributed by atoms with Gasteiger partial charge in [0.25, 0.3) is 0 Å². The zero-order valence-corrected chi connectivity index (χ0v) is 12.5. The predicted molar refractivity (Wildman–Crippen MR) is 85.0 cm³/mol. The van der Waals surface area contributed by atoms with Crippen LogP contribution in [0.1, 0.15) is 55.2 Å². The predicted octanol–water partition coefficient (Wildman–Crippen LogP) is 3.61. The topological polar surface area (TPSA) is 29.9 Å². The largest absolute Gasteiger partial charge is 0.316 e. The number of benzene rings is 1. The van der Waals surface area contributed by atoms with E-state index in [-0.39, 0.29) is 0 Å². The summed E-state index contributed by atoms with van der Waals surface area (Å²) in [5.74, 6) is 1.35. The first-order chi connectivity index (χ1) is 10.4. The van der Waals surface area contributed by atoms with Gasteiger partial charge in [-0.1, -0.05) is 31.0 Å². The molecule has 1 saturated heterocycles. The Balaban J connectivity index is 1.79. The average Bonchev–Trinajstić information content (AvgIpc) is 3.27. The van der Waals surface area contributed by atoms with Gasteiger partial charge in [-0.15, -0.1) is 0 Å². The van der Waals surface area contributed by atoms with E-state index in [9.17, 15) is 0 Å². The van der Waals surface area contributed by atoms with E-state index in [1.807, 2.05) is 0 Å². The summed E-state index contributed by atoms with van der Waals surface area (Å²) in [7, 11) is 0. The van der Waals surface area contributed by atoms with Crippen molar-refractivity contribution in [2.24, 2.45) is 0 Å². The van der Waals surface area contributed by atoms with Gasteiger partial charge in [0, 0.05) is 12.5 Å². The normalized spacial score (nSPS) is 23.0. The molecular weight excluding hydrogens is 258 g/mol. The molecule has 0 amide bonds. The first-order valence-corrected chi connectivity index (χ1v) is 8.27. The van der Waals surface area contributed by atoms with Crippen LogP contribution >= 0.6 is 0 Å². The third-order valence-electron chi connectivity index (χ3n) is 5.08. The summed E-state index contributed by atoms with van der Waals surface area (Å²) < 4.78 is 2.20. The molecule has 2 aliphatic rings. The summed E-state index contributed by atoms with van der Waals surface area (Å²) in [6, 6.07) is 10.6. The van der Waals surface area contributed by atoms with Crippen LogP contribution in [-0.4, -0.2) is 22.9 Å². The zero-order valence-electron chi connectivity index (χ0n) is 12.5. The van der Waals surface area contributed by atoms with Crippen LogP contribution in [0.15, 0.2) is 36.5 Å². The van der Waals surface area contributed by atoms with Crippen molar-refractivity contribution in [3.8, 4) is 5.69 Å². The first-order valence-electron chi connectivity index (χ1n) is 8.27. The van der Waals surface area contributed by atoms with Gasteiger partial charge in [0.15, 0.2) is 0 Å². The van der Waals surface area contributed by atoms with Gasteiger partial charge in [-0.25, -0.2) is 4.68 Å². The van der Waals surface area contributed by atoms with Crippen molar-refractivity contribution in [1.82, 2.24) is 15.1 Å². The summed E-state index contributed by atoms with van der Waals surface area (Å²) >= 11 is 0. The molecule has 1 unspecified atom stereocenters. The van der Waals surface area contributed by atoms with E-state index in [0.29, 0.717) is 5.92 Å². The number of rotatable bonds is 3. The first kappa shape index (κ1) is 13.1. The van der Waals surface area contributed by atoms with Gasteiger partial charge in [0.05, 0.1) is 17.6 Å². The van der Waals surface area contributed by atoms with Crippen molar-refractivity contribution in [3.05, 3.63) is 47.8 Å². The lowest BCUT2D eigenvalue weighted by Gasteiger charge is -2.18. The number of nitrogens with one attached hydrogen (secondary N) is 1. The minimum absolute atomic E-state index is 0.614. The maximum atomic E-state index is 4.76. The van der Waals surface area contributed by atoms with E-state index in [4.69, 9.17) is 5.10 Å². The lowest BCUT2D eigenvalue weighted by atomic mass is 9.91. The molecular formula is C18H23N3. The second-order valence-corrected chi connectivity index (χ2v) is 6.40. The fraction of sp³-hybridized carbons (Fsp3) is 0.500. The number of nitrogens with zero attached hydrogens (tertiary/aromatic N) is 2. The lowest BCUT2D eigenvalue weighted by molar-refractivity contribution is 0.647. The minimum Gasteiger partial charge on any atom is -0.316 e. The molecule has 2 heterocycles. The van der Waals surface area contributed by atoms with E-state index in [0.717, 1.165) is 19.0 Å². The average molecular weight is 281 g/mol. The van der Waals surface area contributed by atoms with Gasteiger partial charge in [-0.3, -0.25) is 0 Å². The molecule has 110 valence electrons. The summed E-state index contributed by atoms with van der Waals surface area (Å²) in [5.41, 5.74) is 4.19. The van der Waals surface area contributed by atoms with Crippen LogP contribution in [0, 0.1) is 0 Å². The van der Waals surface area contributed by atoms with Crippen molar-refractivity contribution < 1.29 is 0 Å². The van der Waals surface area contributed by atoms with E-state index in [1.54, 1.807) is 0 Å². The van der Waals surface area contributed by atoms with Crippen molar-refractivity contribution in [2.45, 2.75) is 43.9 Å². The van der Waals surface area contributed by atoms with Crippen molar-refractivity contribution in [1.29, 1.82) is 0 Å². The molecule has 1 atom stereocenters. The summed E-state index contributed by atoms with van der Waals surface area (Å²) in [4.78, 5) is 0. The standard InChI is InChI=1S/C18H23N3/c1-2-8-16(9-3-1)21-18(15-10-11-19-12-15)17(13-20-21)14-6-4-5-7-14/h1-3,8-9,13-15,19H,4-7,10-12H2. The Morgan fingerprint density at radius 2 is 1.81 bits per heavy atom. The molecule has 3 nitrogen and oxygen atoms in total. The van der Waals surface area contributed by atoms with Gasteiger partial charge in [0.1, 0.15) is 0 Å². The third-order valence-corrected chi connectivity index (χ3v) is 5.08. The van der Waals surface area contributed by atoms with Gasteiger partial charge >= 0.3 is 0 Å².